The summed E-state index contributed by atoms with van der Waals surface area (Å²) in [5.74, 6) is 0.873. The first kappa shape index (κ1) is 21.1. The Labute approximate surface area is 173 Å². The van der Waals surface area contributed by atoms with Gasteiger partial charge in [0.2, 0.25) is 0 Å². The predicted molar refractivity (Wildman–Crippen MR) is 111 cm³/mol. The van der Waals surface area contributed by atoms with Crippen LogP contribution in [-0.2, 0) is 19.6 Å². The van der Waals surface area contributed by atoms with Gasteiger partial charge in [0.25, 0.3) is 10.0 Å². The molecule has 0 saturated heterocycles. The summed E-state index contributed by atoms with van der Waals surface area (Å²) >= 11 is 1.22. The van der Waals surface area contributed by atoms with Crippen molar-refractivity contribution in [3.8, 4) is 11.5 Å². The Balaban J connectivity index is 2.08. The summed E-state index contributed by atoms with van der Waals surface area (Å²) in [6.45, 7) is 2.03. The predicted octanol–water partition coefficient (Wildman–Crippen LogP) is 3.55. The van der Waals surface area contributed by atoms with Crippen molar-refractivity contribution >= 4 is 38.7 Å². The highest BCUT2D eigenvalue weighted by Gasteiger charge is 2.22. The normalized spacial score (nSPS) is 11.4. The fourth-order valence-electron chi connectivity index (χ4n) is 2.79. The number of rotatable bonds is 8. The van der Waals surface area contributed by atoms with Gasteiger partial charge in [0, 0.05) is 16.5 Å². The van der Waals surface area contributed by atoms with Gasteiger partial charge >= 0.3 is 5.97 Å². The Morgan fingerprint density at radius 3 is 2.31 bits per heavy atom. The number of hydrogen-bond acceptors (Lipinski definition) is 7. The van der Waals surface area contributed by atoms with Crippen molar-refractivity contribution in [3.05, 3.63) is 48.7 Å². The molecule has 3 rings (SSSR count). The third-order valence-electron chi connectivity index (χ3n) is 4.21. The average molecular weight is 436 g/mol. The molecule has 0 aliphatic rings. The number of fused-ring (bicyclic) bond motifs is 1. The lowest BCUT2D eigenvalue weighted by molar-refractivity contribution is -0.139. The fraction of sp³-hybridized carbons (Fsp3) is 0.250. The van der Waals surface area contributed by atoms with Gasteiger partial charge in [-0.2, -0.15) is 0 Å². The first-order valence-corrected chi connectivity index (χ1v) is 11.2. The molecule has 0 atom stereocenters. The van der Waals surface area contributed by atoms with E-state index in [1.807, 2.05) is 0 Å². The molecule has 154 valence electrons. The molecule has 0 aliphatic heterocycles. The van der Waals surface area contributed by atoms with E-state index in [2.05, 4.69) is 0 Å². The molecule has 0 unspecified atom stereocenters. The number of benzene rings is 2. The maximum absolute atomic E-state index is 13.2. The SMILES string of the molecule is CCOC(=O)CSc1cn(S(=O)(=O)c2ccc(OC)cc2)c2ccc(OC)cc12. The minimum absolute atomic E-state index is 0.0761. The quantitative estimate of drug-likeness (QED) is 0.395. The van der Waals surface area contributed by atoms with Gasteiger partial charge in [0.15, 0.2) is 0 Å². The number of nitrogens with zero attached hydrogens (tertiary/aromatic N) is 1. The summed E-state index contributed by atoms with van der Waals surface area (Å²) in [4.78, 5) is 12.5. The largest absolute Gasteiger partial charge is 0.497 e. The maximum atomic E-state index is 13.2. The number of carbonyl (C=O) groups is 1. The molecule has 0 amide bonds. The van der Waals surface area contributed by atoms with E-state index in [0.717, 1.165) is 0 Å². The van der Waals surface area contributed by atoms with Gasteiger partial charge in [0.1, 0.15) is 11.5 Å². The molecule has 0 saturated carbocycles. The van der Waals surface area contributed by atoms with Crippen LogP contribution in [0.1, 0.15) is 6.92 Å². The fourth-order valence-corrected chi connectivity index (χ4v) is 5.08. The zero-order valence-corrected chi connectivity index (χ0v) is 17.9. The van der Waals surface area contributed by atoms with Crippen molar-refractivity contribution in [2.45, 2.75) is 16.7 Å². The molecule has 1 heterocycles. The van der Waals surface area contributed by atoms with Crippen molar-refractivity contribution in [3.63, 3.8) is 0 Å². The van der Waals surface area contributed by atoms with Crippen LogP contribution in [0.25, 0.3) is 10.9 Å². The van der Waals surface area contributed by atoms with Gasteiger partial charge in [-0.25, -0.2) is 12.4 Å². The second kappa shape index (κ2) is 8.79. The molecule has 0 fully saturated rings. The van der Waals surface area contributed by atoms with Crippen molar-refractivity contribution in [1.82, 2.24) is 3.97 Å². The van der Waals surface area contributed by atoms with Crippen molar-refractivity contribution in [2.24, 2.45) is 0 Å². The molecular weight excluding hydrogens is 414 g/mol. The Morgan fingerprint density at radius 2 is 1.69 bits per heavy atom. The lowest BCUT2D eigenvalue weighted by Gasteiger charge is -2.08. The Bertz CT molecular complexity index is 1120. The van der Waals surface area contributed by atoms with Crippen molar-refractivity contribution in [2.75, 3.05) is 26.6 Å². The Kier molecular flexibility index (Phi) is 6.39. The van der Waals surface area contributed by atoms with Crippen LogP contribution in [-0.4, -0.2) is 44.9 Å². The molecule has 2 aromatic carbocycles. The summed E-state index contributed by atoms with van der Waals surface area (Å²) in [7, 11) is -0.791. The number of esters is 1. The summed E-state index contributed by atoms with van der Waals surface area (Å²) in [6, 6.07) is 11.3. The summed E-state index contributed by atoms with van der Waals surface area (Å²) in [5, 5.41) is 0.677. The van der Waals surface area contributed by atoms with E-state index in [1.165, 1.54) is 48.3 Å². The van der Waals surface area contributed by atoms with Gasteiger partial charge in [-0.15, -0.1) is 11.8 Å². The Hall–Kier alpha value is -2.65. The van der Waals surface area contributed by atoms with E-state index in [4.69, 9.17) is 14.2 Å². The first-order valence-electron chi connectivity index (χ1n) is 8.78. The zero-order valence-electron chi connectivity index (χ0n) is 16.2. The molecule has 9 heteroatoms. The molecule has 1 aromatic heterocycles. The van der Waals surface area contributed by atoms with Gasteiger partial charge in [0.05, 0.1) is 37.0 Å². The van der Waals surface area contributed by atoms with Crippen LogP contribution in [0.3, 0.4) is 0 Å². The molecular formula is C20H21NO6S2. The molecule has 0 radical (unpaired) electrons. The van der Waals surface area contributed by atoms with Gasteiger partial charge in [-0.05, 0) is 49.4 Å². The summed E-state index contributed by atoms with van der Waals surface area (Å²) < 4.78 is 43.0. The van der Waals surface area contributed by atoms with Gasteiger partial charge < -0.3 is 14.2 Å². The maximum Gasteiger partial charge on any atom is 0.316 e. The number of methoxy groups -OCH3 is 2. The molecule has 3 aromatic rings. The monoisotopic (exact) mass is 435 g/mol. The molecule has 0 aliphatic carbocycles. The van der Waals surface area contributed by atoms with E-state index in [1.54, 1.807) is 37.3 Å². The molecule has 0 spiro atoms. The minimum atomic E-state index is -3.85. The highest BCUT2D eigenvalue weighted by molar-refractivity contribution is 8.00. The summed E-state index contributed by atoms with van der Waals surface area (Å²) in [5.41, 5.74) is 0.493. The number of aromatic nitrogens is 1. The minimum Gasteiger partial charge on any atom is -0.497 e. The highest BCUT2D eigenvalue weighted by atomic mass is 32.2. The smallest absolute Gasteiger partial charge is 0.316 e. The number of thioether (sulfide) groups is 1. The first-order chi connectivity index (χ1) is 13.9. The molecule has 0 N–H and O–H groups in total. The van der Waals surface area contributed by atoms with Crippen LogP contribution in [0.4, 0.5) is 0 Å². The second-order valence-corrected chi connectivity index (χ2v) is 8.78. The van der Waals surface area contributed by atoms with Crippen molar-refractivity contribution in [1.29, 1.82) is 0 Å². The molecule has 7 nitrogen and oxygen atoms in total. The van der Waals surface area contributed by atoms with Crippen LogP contribution < -0.4 is 9.47 Å². The van der Waals surface area contributed by atoms with E-state index in [9.17, 15) is 13.2 Å². The Morgan fingerprint density at radius 1 is 1.03 bits per heavy atom. The third-order valence-corrected chi connectivity index (χ3v) is 6.91. The molecule has 29 heavy (non-hydrogen) atoms. The zero-order chi connectivity index (χ0) is 21.0. The topological polar surface area (TPSA) is 83.8 Å². The van der Waals surface area contributed by atoms with Gasteiger partial charge in [-0.3, -0.25) is 4.79 Å². The number of hydrogen-bond donors (Lipinski definition) is 0. The van der Waals surface area contributed by atoms with Gasteiger partial charge in [-0.1, -0.05) is 0 Å². The standard InChI is InChI=1S/C20H21NO6S2/c1-4-27-20(22)13-28-19-12-21(18-10-7-15(26-3)11-17(18)19)29(23,24)16-8-5-14(25-2)6-9-16/h5-12H,4,13H2,1-3H3. The van der Waals surface area contributed by atoms with Crippen molar-refractivity contribution < 1.29 is 27.4 Å². The van der Waals surface area contributed by atoms with Crippen LogP contribution in [0, 0.1) is 0 Å². The van der Waals surface area contributed by atoms with E-state index < -0.39 is 10.0 Å². The molecule has 0 bridgehead atoms. The van der Waals surface area contributed by atoms with E-state index >= 15 is 0 Å². The summed E-state index contributed by atoms with van der Waals surface area (Å²) in [6.07, 6.45) is 1.52. The number of carbonyl (C=O) groups excluding carboxylic acids is 1. The number of ether oxygens (including phenoxy) is 3. The lowest BCUT2D eigenvalue weighted by atomic mass is 10.2. The average Bonchev–Trinajstić information content (AvgIpc) is 3.11. The second-order valence-electron chi connectivity index (χ2n) is 5.95. The van der Waals surface area contributed by atoms with Crippen LogP contribution in [0.15, 0.2) is 58.5 Å². The van der Waals surface area contributed by atoms with E-state index in [-0.39, 0.29) is 16.6 Å². The van der Waals surface area contributed by atoms with Crippen LogP contribution in [0.5, 0.6) is 11.5 Å². The van der Waals surface area contributed by atoms with Crippen LogP contribution >= 0.6 is 11.8 Å². The van der Waals surface area contributed by atoms with E-state index in [0.29, 0.717) is 33.9 Å². The lowest BCUT2D eigenvalue weighted by Crippen LogP contribution is -2.11. The van der Waals surface area contributed by atoms with Crippen LogP contribution in [0.2, 0.25) is 0 Å². The third kappa shape index (κ3) is 4.35. The highest BCUT2D eigenvalue weighted by Crippen LogP contribution is 2.35.